The second-order valence-electron chi connectivity index (χ2n) is 9.22. The van der Waals surface area contributed by atoms with Crippen molar-refractivity contribution < 1.29 is 9.59 Å². The molecule has 1 aliphatic carbocycles. The second-order valence-corrected chi connectivity index (χ2v) is 9.22. The van der Waals surface area contributed by atoms with Crippen LogP contribution in [0.3, 0.4) is 0 Å². The number of amides is 2. The van der Waals surface area contributed by atoms with Gasteiger partial charge < -0.3 is 10.2 Å². The Morgan fingerprint density at radius 2 is 1.72 bits per heavy atom. The zero-order chi connectivity index (χ0) is 22.5. The maximum absolute atomic E-state index is 13.1. The molecule has 1 aromatic heterocycles. The maximum atomic E-state index is 13.1. The summed E-state index contributed by atoms with van der Waals surface area (Å²) in [5, 5.41) is 10.6. The van der Waals surface area contributed by atoms with Crippen molar-refractivity contribution in [2.75, 3.05) is 18.4 Å². The summed E-state index contributed by atoms with van der Waals surface area (Å²) in [6, 6.07) is 13.1. The van der Waals surface area contributed by atoms with Gasteiger partial charge in [0.25, 0.3) is 11.5 Å². The summed E-state index contributed by atoms with van der Waals surface area (Å²) in [4.78, 5) is 39.8. The number of benzene rings is 2. The molecule has 3 aromatic rings. The van der Waals surface area contributed by atoms with E-state index in [0.29, 0.717) is 23.9 Å². The molecule has 1 atom stereocenters. The zero-order valence-corrected chi connectivity index (χ0v) is 18.3. The number of aromatic nitrogens is 2. The van der Waals surface area contributed by atoms with Gasteiger partial charge in [0.05, 0.1) is 5.39 Å². The average molecular weight is 431 g/mol. The summed E-state index contributed by atoms with van der Waals surface area (Å²) in [7, 11) is 0. The van der Waals surface area contributed by atoms with E-state index in [4.69, 9.17) is 0 Å². The molecule has 1 spiro atoms. The SMILES string of the molecule is Cc1cc(C)cc(NC(=O)C2CC23CCN(C(=O)c2n[nH]c(=O)c4ccccc24)CC3)c1. The third-order valence-electron chi connectivity index (χ3n) is 6.94. The standard InChI is InChI=1S/C25H26N4O3/c1-15-11-16(2)13-17(12-15)26-23(31)20-14-25(20)7-9-29(10-8-25)24(32)21-18-5-3-4-6-19(18)22(30)28-27-21/h3-6,11-13,20H,7-10,14H2,1-2H3,(H,26,31)(H,28,30). The number of H-pyrrole nitrogens is 1. The lowest BCUT2D eigenvalue weighted by Gasteiger charge is -2.32. The summed E-state index contributed by atoms with van der Waals surface area (Å²) in [6.45, 7) is 5.21. The summed E-state index contributed by atoms with van der Waals surface area (Å²) in [5.41, 5.74) is 3.06. The molecule has 1 saturated heterocycles. The van der Waals surface area contributed by atoms with Gasteiger partial charge in [0.2, 0.25) is 5.91 Å². The van der Waals surface area contributed by atoms with Crippen molar-refractivity contribution in [1.82, 2.24) is 15.1 Å². The van der Waals surface area contributed by atoms with Crippen molar-refractivity contribution in [1.29, 1.82) is 0 Å². The molecule has 32 heavy (non-hydrogen) atoms. The minimum Gasteiger partial charge on any atom is -0.337 e. The van der Waals surface area contributed by atoms with Gasteiger partial charge in [-0.1, -0.05) is 24.3 Å². The number of nitrogens with one attached hydrogen (secondary N) is 2. The highest BCUT2D eigenvalue weighted by molar-refractivity contribution is 6.04. The smallest absolute Gasteiger partial charge is 0.274 e. The normalized spacial score (nSPS) is 19.2. The van der Waals surface area contributed by atoms with Crippen LogP contribution in [0, 0.1) is 25.2 Å². The number of nitrogens with zero attached hydrogens (tertiary/aromatic N) is 2. The molecule has 1 aliphatic heterocycles. The molecule has 2 amide bonds. The first kappa shape index (κ1) is 20.4. The van der Waals surface area contributed by atoms with Gasteiger partial charge in [-0.25, -0.2) is 5.10 Å². The molecule has 0 radical (unpaired) electrons. The van der Waals surface area contributed by atoms with Gasteiger partial charge in [0, 0.05) is 30.1 Å². The van der Waals surface area contributed by atoms with E-state index < -0.39 is 0 Å². The molecule has 2 aromatic carbocycles. The lowest BCUT2D eigenvalue weighted by atomic mass is 9.90. The predicted octanol–water partition coefficient (Wildman–Crippen LogP) is 3.42. The van der Waals surface area contributed by atoms with Crippen LogP contribution in [0.5, 0.6) is 0 Å². The fraction of sp³-hybridized carbons (Fsp3) is 0.360. The van der Waals surface area contributed by atoms with Crippen LogP contribution in [0.1, 0.15) is 40.9 Å². The Kier molecular flexibility index (Phi) is 4.84. The third-order valence-corrected chi connectivity index (χ3v) is 6.94. The highest BCUT2D eigenvalue weighted by Gasteiger charge is 2.58. The van der Waals surface area contributed by atoms with Crippen LogP contribution >= 0.6 is 0 Å². The Hall–Kier alpha value is -3.48. The van der Waals surface area contributed by atoms with Crippen molar-refractivity contribution >= 4 is 28.3 Å². The van der Waals surface area contributed by atoms with Crippen LogP contribution in [0.25, 0.3) is 10.8 Å². The number of hydrogen-bond acceptors (Lipinski definition) is 4. The van der Waals surface area contributed by atoms with Crippen molar-refractivity contribution in [3.05, 3.63) is 69.6 Å². The number of aromatic amines is 1. The van der Waals surface area contributed by atoms with E-state index >= 15 is 0 Å². The van der Waals surface area contributed by atoms with Crippen LogP contribution in [-0.2, 0) is 4.79 Å². The zero-order valence-electron chi connectivity index (χ0n) is 18.3. The van der Waals surface area contributed by atoms with Crippen molar-refractivity contribution in [3.8, 4) is 0 Å². The average Bonchev–Trinajstić information content (AvgIpc) is 3.47. The maximum Gasteiger partial charge on any atom is 0.274 e. The fourth-order valence-corrected chi connectivity index (χ4v) is 5.13. The first-order chi connectivity index (χ1) is 15.4. The largest absolute Gasteiger partial charge is 0.337 e. The summed E-state index contributed by atoms with van der Waals surface area (Å²) in [5.74, 6) is -0.111. The topological polar surface area (TPSA) is 95.2 Å². The van der Waals surface area contributed by atoms with Crippen molar-refractivity contribution in [2.24, 2.45) is 11.3 Å². The fourth-order valence-electron chi connectivity index (χ4n) is 5.13. The minimum absolute atomic E-state index is 0.00685. The molecule has 1 saturated carbocycles. The number of rotatable bonds is 3. The van der Waals surface area contributed by atoms with E-state index in [0.717, 1.165) is 36.1 Å². The van der Waals surface area contributed by atoms with E-state index in [1.54, 1.807) is 29.2 Å². The molecule has 5 rings (SSSR count). The Morgan fingerprint density at radius 1 is 1.06 bits per heavy atom. The number of likely N-dealkylation sites (tertiary alicyclic amines) is 1. The van der Waals surface area contributed by atoms with Crippen LogP contribution < -0.4 is 10.9 Å². The molecule has 7 nitrogen and oxygen atoms in total. The van der Waals surface area contributed by atoms with E-state index in [9.17, 15) is 14.4 Å². The number of carbonyl (C=O) groups excluding carboxylic acids is 2. The Balaban J connectivity index is 1.25. The van der Waals surface area contributed by atoms with Gasteiger partial charge in [0.15, 0.2) is 5.69 Å². The number of fused-ring (bicyclic) bond motifs is 1. The number of anilines is 1. The molecule has 2 heterocycles. The lowest BCUT2D eigenvalue weighted by molar-refractivity contribution is -0.118. The molecular weight excluding hydrogens is 404 g/mol. The first-order valence-electron chi connectivity index (χ1n) is 11.0. The third kappa shape index (κ3) is 3.57. The molecule has 1 unspecified atom stereocenters. The van der Waals surface area contributed by atoms with Gasteiger partial charge in [0.1, 0.15) is 0 Å². The predicted molar refractivity (Wildman–Crippen MR) is 123 cm³/mol. The van der Waals surface area contributed by atoms with Crippen LogP contribution in [0.4, 0.5) is 5.69 Å². The molecule has 2 fully saturated rings. The summed E-state index contributed by atoms with van der Waals surface area (Å²) in [6.07, 6.45) is 2.46. The highest BCUT2D eigenvalue weighted by Crippen LogP contribution is 2.59. The first-order valence-corrected chi connectivity index (χ1v) is 11.0. The molecule has 2 aliphatic rings. The van der Waals surface area contributed by atoms with E-state index in [-0.39, 0.29) is 34.4 Å². The van der Waals surface area contributed by atoms with Gasteiger partial charge in [-0.2, -0.15) is 5.10 Å². The van der Waals surface area contributed by atoms with E-state index in [1.165, 1.54) is 0 Å². The van der Waals surface area contributed by atoms with Crippen LogP contribution in [-0.4, -0.2) is 40.0 Å². The number of aryl methyl sites for hydroxylation is 2. The summed E-state index contributed by atoms with van der Waals surface area (Å²) >= 11 is 0. The Morgan fingerprint density at radius 3 is 2.41 bits per heavy atom. The van der Waals surface area contributed by atoms with E-state index in [2.05, 4.69) is 21.6 Å². The van der Waals surface area contributed by atoms with Gasteiger partial charge in [-0.15, -0.1) is 0 Å². The molecule has 7 heteroatoms. The lowest BCUT2D eigenvalue weighted by Crippen LogP contribution is -2.41. The Labute approximate surface area is 185 Å². The second kappa shape index (κ2) is 7.58. The summed E-state index contributed by atoms with van der Waals surface area (Å²) < 4.78 is 0. The number of hydrogen-bond donors (Lipinski definition) is 2. The Bertz CT molecular complexity index is 1270. The minimum atomic E-state index is -0.301. The number of piperidine rings is 1. The van der Waals surface area contributed by atoms with Gasteiger partial charge in [-0.05, 0) is 67.9 Å². The van der Waals surface area contributed by atoms with Crippen LogP contribution in [0.15, 0.2) is 47.3 Å². The molecule has 0 bridgehead atoms. The van der Waals surface area contributed by atoms with Gasteiger partial charge >= 0.3 is 0 Å². The van der Waals surface area contributed by atoms with E-state index in [1.807, 2.05) is 26.0 Å². The molecular formula is C25H26N4O3. The van der Waals surface area contributed by atoms with Crippen LogP contribution in [0.2, 0.25) is 0 Å². The highest BCUT2D eigenvalue weighted by atomic mass is 16.2. The van der Waals surface area contributed by atoms with Crippen molar-refractivity contribution in [3.63, 3.8) is 0 Å². The molecule has 2 N–H and O–H groups in total. The quantitative estimate of drug-likeness (QED) is 0.666. The molecule has 164 valence electrons. The van der Waals surface area contributed by atoms with Crippen molar-refractivity contribution in [2.45, 2.75) is 33.1 Å². The number of carbonyl (C=O) groups is 2. The monoisotopic (exact) mass is 430 g/mol. The van der Waals surface area contributed by atoms with Gasteiger partial charge in [-0.3, -0.25) is 14.4 Å².